The van der Waals surface area contributed by atoms with E-state index in [1.165, 1.54) is 0 Å². The van der Waals surface area contributed by atoms with E-state index in [1.54, 1.807) is 0 Å². The summed E-state index contributed by atoms with van der Waals surface area (Å²) in [5.74, 6) is 0. The van der Waals surface area contributed by atoms with Gasteiger partial charge in [-0.2, -0.15) is 26.3 Å². The summed E-state index contributed by atoms with van der Waals surface area (Å²) in [6.07, 6.45) is -11.6. The molecule has 0 saturated carbocycles. The van der Waals surface area contributed by atoms with Gasteiger partial charge in [0.05, 0.1) is 5.71 Å². The van der Waals surface area contributed by atoms with Crippen LogP contribution in [0.5, 0.6) is 0 Å². The third-order valence-corrected chi connectivity index (χ3v) is 4.96. The number of halogens is 7. The summed E-state index contributed by atoms with van der Waals surface area (Å²) in [5, 5.41) is 0. The van der Waals surface area contributed by atoms with Crippen molar-refractivity contribution >= 4 is 5.71 Å². The monoisotopic (exact) mass is 403 g/mol. The molecule has 0 atom stereocenters. The van der Waals surface area contributed by atoms with Gasteiger partial charge in [0.2, 0.25) is 0 Å². The van der Waals surface area contributed by atoms with Gasteiger partial charge in [-0.05, 0) is 43.0 Å². The van der Waals surface area contributed by atoms with E-state index < -0.39 is 23.6 Å². The molecular formula is C20H16F7N. The van der Waals surface area contributed by atoms with E-state index in [9.17, 15) is 30.7 Å². The highest BCUT2D eigenvalue weighted by Gasteiger charge is 2.73. The number of rotatable bonds is 2. The highest BCUT2D eigenvalue weighted by molar-refractivity contribution is 6.14. The van der Waals surface area contributed by atoms with Crippen molar-refractivity contribution in [1.29, 1.82) is 0 Å². The predicted molar refractivity (Wildman–Crippen MR) is 91.5 cm³/mol. The summed E-state index contributed by atoms with van der Waals surface area (Å²) < 4.78 is 91.6. The Hall–Kier alpha value is -2.38. The minimum absolute atomic E-state index is 0.333. The van der Waals surface area contributed by atoms with Crippen LogP contribution in [0.25, 0.3) is 0 Å². The Labute approximate surface area is 156 Å². The maximum absolute atomic E-state index is 14.2. The van der Waals surface area contributed by atoms with Crippen molar-refractivity contribution in [3.8, 4) is 0 Å². The maximum Gasteiger partial charge on any atom is 0.435 e. The minimum Gasteiger partial charge on any atom is -0.284 e. The van der Waals surface area contributed by atoms with E-state index in [0.29, 0.717) is 36.4 Å². The topological polar surface area (TPSA) is 12.4 Å². The van der Waals surface area contributed by atoms with Gasteiger partial charge in [-0.3, -0.25) is 4.99 Å². The summed E-state index contributed by atoms with van der Waals surface area (Å²) in [5.41, 5.74) is -2.29. The van der Waals surface area contributed by atoms with Crippen molar-refractivity contribution < 1.29 is 30.7 Å². The first-order valence-electron chi connectivity index (χ1n) is 8.44. The van der Waals surface area contributed by atoms with Crippen LogP contribution in [-0.4, -0.2) is 24.6 Å². The first kappa shape index (κ1) is 20.4. The van der Waals surface area contributed by atoms with E-state index >= 15 is 0 Å². The van der Waals surface area contributed by atoms with E-state index in [4.69, 9.17) is 0 Å². The van der Waals surface area contributed by atoms with Gasteiger partial charge in [0.15, 0.2) is 0 Å². The van der Waals surface area contributed by atoms with Crippen molar-refractivity contribution in [3.63, 3.8) is 0 Å². The molecule has 0 fully saturated rings. The third-order valence-electron chi connectivity index (χ3n) is 4.96. The Morgan fingerprint density at radius 2 is 1.32 bits per heavy atom. The van der Waals surface area contributed by atoms with Gasteiger partial charge in [-0.25, -0.2) is 4.39 Å². The number of aliphatic imine (C=N–C) groups is 1. The number of nitrogens with zero attached hydrogens (tertiary/aromatic N) is 1. The number of fused-ring (bicyclic) bond motifs is 1. The molecule has 1 aliphatic rings. The second-order valence-corrected chi connectivity index (χ2v) is 6.81. The summed E-state index contributed by atoms with van der Waals surface area (Å²) in [7, 11) is 0. The molecule has 1 nitrogen and oxygen atoms in total. The van der Waals surface area contributed by atoms with Crippen molar-refractivity contribution in [2.24, 2.45) is 4.99 Å². The highest BCUT2D eigenvalue weighted by Crippen LogP contribution is 2.53. The lowest BCUT2D eigenvalue weighted by atomic mass is 9.88. The fraction of sp³-hybridized carbons (Fsp3) is 0.350. The molecule has 2 aromatic rings. The second-order valence-electron chi connectivity index (χ2n) is 6.81. The van der Waals surface area contributed by atoms with Crippen LogP contribution in [0.3, 0.4) is 0 Å². The smallest absolute Gasteiger partial charge is 0.284 e. The molecule has 0 unspecified atom stereocenters. The molecule has 0 aliphatic carbocycles. The van der Waals surface area contributed by atoms with E-state index in [1.807, 2.05) is 26.0 Å². The third kappa shape index (κ3) is 3.18. The lowest BCUT2D eigenvalue weighted by Gasteiger charge is -2.30. The molecule has 0 aromatic heterocycles. The second kappa shape index (κ2) is 6.60. The van der Waals surface area contributed by atoms with E-state index in [0.717, 1.165) is 34.4 Å². The molecule has 0 radical (unpaired) electrons. The molecule has 3 rings (SSSR count). The van der Waals surface area contributed by atoms with Gasteiger partial charge in [0.25, 0.3) is 0 Å². The van der Waals surface area contributed by atoms with Crippen LogP contribution in [0.1, 0.15) is 33.4 Å². The molecule has 0 spiro atoms. The normalized spacial score (nSPS) is 15.2. The van der Waals surface area contributed by atoms with Crippen molar-refractivity contribution in [3.05, 3.63) is 69.8 Å². The molecule has 1 heterocycles. The molecule has 150 valence electrons. The van der Waals surface area contributed by atoms with Gasteiger partial charge in [-0.1, -0.05) is 30.3 Å². The van der Waals surface area contributed by atoms with Crippen LogP contribution in [-0.2, 0) is 12.1 Å². The van der Waals surface area contributed by atoms with Gasteiger partial charge in [-0.15, -0.1) is 0 Å². The SMILES string of the molecule is Cc1cc2c(cc1C)C(c1ccc(C(F)(C(F)(F)F)C(F)(F)F)cc1)=NCC2. The molecule has 0 N–H and O–H groups in total. The highest BCUT2D eigenvalue weighted by atomic mass is 19.4. The molecule has 0 saturated heterocycles. The number of benzene rings is 2. The van der Waals surface area contributed by atoms with Crippen LogP contribution in [0.15, 0.2) is 41.4 Å². The standard InChI is InChI=1S/C20H16F7N/c1-11-9-14-7-8-28-17(16(14)10-12(11)2)13-3-5-15(6-4-13)18(21,19(22,23)24)20(25,26)27/h3-6,9-10H,7-8H2,1-2H3. The number of aryl methyl sites for hydroxylation is 2. The lowest BCUT2D eigenvalue weighted by molar-refractivity contribution is -0.348. The van der Waals surface area contributed by atoms with Crippen LogP contribution in [0.2, 0.25) is 0 Å². The number of hydrogen-bond acceptors (Lipinski definition) is 1. The Bertz CT molecular complexity index is 907. The average Bonchev–Trinajstić information content (AvgIpc) is 2.60. The zero-order valence-electron chi connectivity index (χ0n) is 15.0. The maximum atomic E-state index is 14.2. The van der Waals surface area contributed by atoms with Crippen LogP contribution in [0.4, 0.5) is 30.7 Å². The van der Waals surface area contributed by atoms with Gasteiger partial charge in [0, 0.05) is 23.2 Å². The van der Waals surface area contributed by atoms with Crippen LogP contribution < -0.4 is 0 Å². The Morgan fingerprint density at radius 3 is 1.86 bits per heavy atom. The molecule has 28 heavy (non-hydrogen) atoms. The predicted octanol–water partition coefficient (Wildman–Crippen LogP) is 5.99. The first-order valence-corrected chi connectivity index (χ1v) is 8.44. The molecule has 0 bridgehead atoms. The number of hydrogen-bond donors (Lipinski definition) is 0. The lowest BCUT2D eigenvalue weighted by Crippen LogP contribution is -2.50. The van der Waals surface area contributed by atoms with Crippen molar-refractivity contribution in [2.45, 2.75) is 38.3 Å². The fourth-order valence-corrected chi connectivity index (χ4v) is 3.27. The average molecular weight is 403 g/mol. The van der Waals surface area contributed by atoms with Gasteiger partial charge < -0.3 is 0 Å². The largest absolute Gasteiger partial charge is 0.435 e. The zero-order chi connectivity index (χ0) is 20.9. The first-order chi connectivity index (χ1) is 12.9. The Balaban J connectivity index is 2.05. The van der Waals surface area contributed by atoms with Crippen LogP contribution >= 0.6 is 0 Å². The van der Waals surface area contributed by atoms with Crippen molar-refractivity contribution in [1.82, 2.24) is 0 Å². The van der Waals surface area contributed by atoms with E-state index in [-0.39, 0.29) is 0 Å². The summed E-state index contributed by atoms with van der Waals surface area (Å²) in [6.45, 7) is 4.30. The quantitative estimate of drug-likeness (QED) is 0.547. The van der Waals surface area contributed by atoms with Crippen molar-refractivity contribution in [2.75, 3.05) is 6.54 Å². The molecule has 2 aromatic carbocycles. The Morgan fingerprint density at radius 1 is 0.786 bits per heavy atom. The molecule has 0 amide bonds. The molecule has 8 heteroatoms. The van der Waals surface area contributed by atoms with Crippen LogP contribution in [0, 0.1) is 13.8 Å². The summed E-state index contributed by atoms with van der Waals surface area (Å²) >= 11 is 0. The Kier molecular flexibility index (Phi) is 4.80. The number of alkyl halides is 7. The fourth-order valence-electron chi connectivity index (χ4n) is 3.27. The molecular weight excluding hydrogens is 387 g/mol. The van der Waals surface area contributed by atoms with E-state index in [2.05, 4.69) is 4.99 Å². The summed E-state index contributed by atoms with van der Waals surface area (Å²) in [6, 6.07) is 7.02. The van der Waals surface area contributed by atoms with Gasteiger partial charge in [0.1, 0.15) is 0 Å². The summed E-state index contributed by atoms with van der Waals surface area (Å²) in [4.78, 5) is 4.38. The zero-order valence-corrected chi connectivity index (χ0v) is 15.0. The van der Waals surface area contributed by atoms with Gasteiger partial charge >= 0.3 is 18.0 Å². The minimum atomic E-state index is -6.13. The molecule has 1 aliphatic heterocycles.